The minimum Gasteiger partial charge on any atom is -0.481 e. The average Bonchev–Trinajstić information content (AvgIpc) is 2.84. The molecule has 2 aromatic rings. The van der Waals surface area contributed by atoms with Crippen molar-refractivity contribution in [3.63, 3.8) is 0 Å². The fraction of sp³-hybridized carbons (Fsp3) is 0.308. The Morgan fingerprint density at radius 1 is 1.41 bits per heavy atom. The number of rotatable bonds is 4. The fourth-order valence-corrected chi connectivity index (χ4v) is 2.48. The Bertz CT molecular complexity index is 778. The van der Waals surface area contributed by atoms with E-state index in [0.29, 0.717) is 23.7 Å². The lowest BCUT2D eigenvalue weighted by atomic mass is 9.80. The number of carboxylic acids is 1. The van der Waals surface area contributed by atoms with E-state index in [4.69, 9.17) is 5.11 Å². The molecule has 1 aliphatic carbocycles. The molecule has 1 aromatic carbocycles. The van der Waals surface area contributed by atoms with Gasteiger partial charge in [-0.2, -0.15) is 5.10 Å². The summed E-state index contributed by atoms with van der Waals surface area (Å²) in [6.07, 6.45) is 0.757. The zero-order chi connectivity index (χ0) is 15.9. The Balaban J connectivity index is 1.78. The molecule has 9 nitrogen and oxygen atoms in total. The molecule has 1 saturated carbocycles. The van der Waals surface area contributed by atoms with E-state index >= 15 is 0 Å². The number of carbonyl (C=O) groups excluding carboxylic acids is 1. The summed E-state index contributed by atoms with van der Waals surface area (Å²) in [5.41, 5.74) is 0.461. The minimum atomic E-state index is -0.869. The third kappa shape index (κ3) is 2.36. The van der Waals surface area contributed by atoms with Crippen molar-refractivity contribution < 1.29 is 19.6 Å². The first-order chi connectivity index (χ1) is 10.5. The number of nitrogens with zero attached hydrogens (tertiary/aromatic N) is 2. The quantitative estimate of drug-likeness (QED) is 0.570. The highest BCUT2D eigenvalue weighted by Crippen LogP contribution is 2.28. The minimum absolute atomic E-state index is 0.0671. The second-order valence-corrected chi connectivity index (χ2v) is 5.24. The molecule has 0 atom stereocenters. The standard InChI is InChI=1S/C13H12N4O5/c18-12(14-7-3-6(4-7)13(19)20)11-9-5-8(17(21)22)1-2-10(9)15-16-11/h1-2,5-7H,3-4H2,(H,14,18)(H,15,16)(H,19,20). The molecule has 3 rings (SSSR count). The van der Waals surface area contributed by atoms with Crippen LogP contribution in [0.15, 0.2) is 18.2 Å². The third-order valence-corrected chi connectivity index (χ3v) is 3.79. The van der Waals surface area contributed by atoms with Crippen molar-refractivity contribution in [2.24, 2.45) is 5.92 Å². The Labute approximate surface area is 123 Å². The van der Waals surface area contributed by atoms with Gasteiger partial charge in [-0.25, -0.2) is 0 Å². The highest BCUT2D eigenvalue weighted by Gasteiger charge is 2.35. The number of nitro groups is 1. The Kier molecular flexibility index (Phi) is 3.24. The number of nitro benzene ring substituents is 1. The lowest BCUT2D eigenvalue weighted by Gasteiger charge is -2.32. The van der Waals surface area contributed by atoms with Crippen molar-refractivity contribution in [1.82, 2.24) is 15.5 Å². The molecule has 1 heterocycles. The van der Waals surface area contributed by atoms with Crippen molar-refractivity contribution in [1.29, 1.82) is 0 Å². The van der Waals surface area contributed by atoms with E-state index in [1.54, 1.807) is 0 Å². The number of amides is 1. The van der Waals surface area contributed by atoms with Gasteiger partial charge in [0.15, 0.2) is 5.69 Å². The number of aromatic nitrogens is 2. The molecule has 22 heavy (non-hydrogen) atoms. The zero-order valence-electron chi connectivity index (χ0n) is 11.3. The van der Waals surface area contributed by atoms with Gasteiger partial charge in [0.25, 0.3) is 11.6 Å². The van der Waals surface area contributed by atoms with E-state index in [0.717, 1.165) is 0 Å². The van der Waals surface area contributed by atoms with Crippen LogP contribution in [0.4, 0.5) is 5.69 Å². The number of aromatic amines is 1. The largest absolute Gasteiger partial charge is 0.481 e. The summed E-state index contributed by atoms with van der Waals surface area (Å²) in [7, 11) is 0. The first kappa shape index (κ1) is 14.0. The van der Waals surface area contributed by atoms with Crippen molar-refractivity contribution in [3.05, 3.63) is 34.0 Å². The maximum absolute atomic E-state index is 12.2. The predicted molar refractivity (Wildman–Crippen MR) is 74.4 cm³/mol. The molecule has 1 aliphatic rings. The average molecular weight is 304 g/mol. The van der Waals surface area contributed by atoms with Gasteiger partial charge in [-0.3, -0.25) is 24.8 Å². The van der Waals surface area contributed by atoms with Crippen LogP contribution in [0.5, 0.6) is 0 Å². The second-order valence-electron chi connectivity index (χ2n) is 5.24. The monoisotopic (exact) mass is 304 g/mol. The summed E-state index contributed by atoms with van der Waals surface area (Å²) < 4.78 is 0. The lowest BCUT2D eigenvalue weighted by molar-refractivity contribution is -0.384. The molecule has 1 aromatic heterocycles. The van der Waals surface area contributed by atoms with Gasteiger partial charge >= 0.3 is 5.97 Å². The lowest BCUT2D eigenvalue weighted by Crippen LogP contribution is -2.46. The number of aliphatic carboxylic acids is 1. The fourth-order valence-electron chi connectivity index (χ4n) is 2.48. The predicted octanol–water partition coefficient (Wildman–Crippen LogP) is 1.06. The molecule has 9 heteroatoms. The molecular weight excluding hydrogens is 292 g/mol. The van der Waals surface area contributed by atoms with Gasteiger partial charge in [0.2, 0.25) is 0 Å². The summed E-state index contributed by atoms with van der Waals surface area (Å²) in [5, 5.41) is 29.2. The summed E-state index contributed by atoms with van der Waals surface area (Å²) in [6, 6.07) is 3.89. The SMILES string of the molecule is O=C(NC1CC(C(=O)O)C1)c1n[nH]c2ccc([N+](=O)[O-])cc12. The van der Waals surface area contributed by atoms with Crippen molar-refractivity contribution in [2.45, 2.75) is 18.9 Å². The summed E-state index contributed by atoms with van der Waals surface area (Å²) in [6.45, 7) is 0. The van der Waals surface area contributed by atoms with Crippen LogP contribution in [0.25, 0.3) is 10.9 Å². The topological polar surface area (TPSA) is 138 Å². The van der Waals surface area contributed by atoms with Gasteiger partial charge in [-0.15, -0.1) is 0 Å². The molecule has 1 amide bonds. The highest BCUT2D eigenvalue weighted by atomic mass is 16.6. The summed E-state index contributed by atoms with van der Waals surface area (Å²) in [4.78, 5) is 33.1. The zero-order valence-corrected chi connectivity index (χ0v) is 11.3. The maximum atomic E-state index is 12.2. The molecule has 0 saturated heterocycles. The van der Waals surface area contributed by atoms with Crippen molar-refractivity contribution in [2.75, 3.05) is 0 Å². The van der Waals surface area contributed by atoms with Crippen LogP contribution in [0, 0.1) is 16.0 Å². The van der Waals surface area contributed by atoms with E-state index < -0.39 is 22.7 Å². The summed E-state index contributed by atoms with van der Waals surface area (Å²) in [5.74, 6) is -1.77. The second kappa shape index (κ2) is 5.10. The molecule has 0 radical (unpaired) electrons. The van der Waals surface area contributed by atoms with Crippen LogP contribution in [0.2, 0.25) is 0 Å². The van der Waals surface area contributed by atoms with E-state index in [1.165, 1.54) is 18.2 Å². The molecule has 1 fully saturated rings. The highest BCUT2D eigenvalue weighted by molar-refractivity contribution is 6.05. The van der Waals surface area contributed by atoms with Crippen LogP contribution < -0.4 is 5.32 Å². The van der Waals surface area contributed by atoms with E-state index in [9.17, 15) is 19.7 Å². The van der Waals surface area contributed by atoms with Crippen LogP contribution in [0.1, 0.15) is 23.3 Å². The Hall–Kier alpha value is -2.97. The molecule has 114 valence electrons. The number of hydrogen-bond acceptors (Lipinski definition) is 5. The van der Waals surface area contributed by atoms with Gasteiger partial charge < -0.3 is 10.4 Å². The van der Waals surface area contributed by atoms with Gasteiger partial charge in [-0.05, 0) is 18.9 Å². The van der Waals surface area contributed by atoms with Gasteiger partial charge in [0.05, 0.1) is 16.4 Å². The van der Waals surface area contributed by atoms with Gasteiger partial charge in [-0.1, -0.05) is 0 Å². The van der Waals surface area contributed by atoms with E-state index in [2.05, 4.69) is 15.5 Å². The van der Waals surface area contributed by atoms with E-state index in [-0.39, 0.29) is 17.4 Å². The van der Waals surface area contributed by atoms with Crippen LogP contribution in [-0.4, -0.2) is 38.1 Å². The van der Waals surface area contributed by atoms with Gasteiger partial charge in [0.1, 0.15) is 0 Å². The number of benzene rings is 1. The Morgan fingerprint density at radius 3 is 2.77 bits per heavy atom. The van der Waals surface area contributed by atoms with E-state index in [1.807, 2.05) is 0 Å². The molecule has 0 aliphatic heterocycles. The van der Waals surface area contributed by atoms with Crippen molar-refractivity contribution in [3.8, 4) is 0 Å². The number of non-ortho nitro benzene ring substituents is 1. The first-order valence-electron chi connectivity index (χ1n) is 6.62. The number of carbonyl (C=O) groups is 2. The summed E-state index contributed by atoms with van der Waals surface area (Å²) >= 11 is 0. The normalized spacial score (nSPS) is 20.4. The first-order valence-corrected chi connectivity index (χ1v) is 6.62. The molecule has 3 N–H and O–H groups in total. The smallest absolute Gasteiger partial charge is 0.306 e. The van der Waals surface area contributed by atoms with Crippen molar-refractivity contribution >= 4 is 28.5 Å². The number of hydrogen-bond donors (Lipinski definition) is 3. The molecule has 0 spiro atoms. The van der Waals surface area contributed by atoms with Crippen LogP contribution >= 0.6 is 0 Å². The number of carboxylic acid groups (broad SMARTS) is 1. The molecule has 0 unspecified atom stereocenters. The Morgan fingerprint density at radius 2 is 2.14 bits per heavy atom. The molecule has 0 bridgehead atoms. The van der Waals surface area contributed by atoms with Crippen LogP contribution in [0.3, 0.4) is 0 Å². The third-order valence-electron chi connectivity index (χ3n) is 3.79. The van der Waals surface area contributed by atoms with Gasteiger partial charge in [0, 0.05) is 23.6 Å². The number of fused-ring (bicyclic) bond motifs is 1. The maximum Gasteiger partial charge on any atom is 0.306 e. The van der Waals surface area contributed by atoms with Crippen LogP contribution in [-0.2, 0) is 4.79 Å². The number of nitrogens with one attached hydrogen (secondary N) is 2. The number of H-pyrrole nitrogens is 1. The molecular formula is C13H12N4O5.